The van der Waals surface area contributed by atoms with Crippen LogP contribution >= 0.6 is 11.6 Å². The van der Waals surface area contributed by atoms with Gasteiger partial charge in [0.2, 0.25) is 5.91 Å². The van der Waals surface area contributed by atoms with Crippen LogP contribution in [0, 0.1) is 6.92 Å². The molecule has 0 aliphatic carbocycles. The summed E-state index contributed by atoms with van der Waals surface area (Å²) in [5.41, 5.74) is 0.739. The third-order valence-electron chi connectivity index (χ3n) is 3.41. The van der Waals surface area contributed by atoms with E-state index in [4.69, 9.17) is 11.6 Å². The Hall–Kier alpha value is -1.07. The summed E-state index contributed by atoms with van der Waals surface area (Å²) >= 11 is 5.94. The highest BCUT2D eigenvalue weighted by atomic mass is 35.5. The largest absolute Gasteiger partial charge is 0.351 e. The fourth-order valence-corrected chi connectivity index (χ4v) is 2.57. The zero-order chi connectivity index (χ0) is 16.2. The predicted molar refractivity (Wildman–Crippen MR) is 86.6 cm³/mol. The molecule has 0 bridgehead atoms. The molecule has 0 aromatic carbocycles. The highest BCUT2D eigenvalue weighted by molar-refractivity contribution is 6.31. The molecule has 1 heterocycles. The summed E-state index contributed by atoms with van der Waals surface area (Å²) in [6.45, 7) is 13.6. The Balaban J connectivity index is 2.50. The predicted octanol–water partition coefficient (Wildman–Crippen LogP) is 2.47. The van der Waals surface area contributed by atoms with Crippen molar-refractivity contribution in [2.24, 2.45) is 0 Å². The van der Waals surface area contributed by atoms with Gasteiger partial charge in [-0.2, -0.15) is 5.10 Å². The first-order valence-corrected chi connectivity index (χ1v) is 7.83. The normalized spacial score (nSPS) is 13.2. The number of nitrogens with one attached hydrogen (secondary N) is 1. The van der Waals surface area contributed by atoms with Crippen molar-refractivity contribution in [2.45, 2.75) is 66.2 Å². The fourth-order valence-electron chi connectivity index (χ4n) is 2.42. The summed E-state index contributed by atoms with van der Waals surface area (Å²) in [6.07, 6.45) is 1.68. The van der Waals surface area contributed by atoms with Gasteiger partial charge in [0, 0.05) is 30.9 Å². The molecule has 0 fully saturated rings. The molecule has 1 unspecified atom stereocenters. The van der Waals surface area contributed by atoms with Gasteiger partial charge in [0.1, 0.15) is 6.54 Å². The van der Waals surface area contributed by atoms with Gasteiger partial charge in [0.25, 0.3) is 0 Å². The van der Waals surface area contributed by atoms with Crippen molar-refractivity contribution in [1.29, 1.82) is 0 Å². The van der Waals surface area contributed by atoms with Gasteiger partial charge in [-0.15, -0.1) is 0 Å². The lowest BCUT2D eigenvalue weighted by Gasteiger charge is -2.33. The second-order valence-electron chi connectivity index (χ2n) is 6.11. The van der Waals surface area contributed by atoms with Gasteiger partial charge in [-0.25, -0.2) is 0 Å². The summed E-state index contributed by atoms with van der Waals surface area (Å²) in [4.78, 5) is 14.4. The van der Waals surface area contributed by atoms with Crippen LogP contribution in [0.5, 0.6) is 0 Å². The number of halogens is 1. The first kappa shape index (κ1) is 18.0. The SMILES string of the molecule is Cc1nn(CC(=O)NC(C)CN(C(C)C)C(C)C)cc1Cl. The van der Waals surface area contributed by atoms with Gasteiger partial charge in [-0.1, -0.05) is 11.6 Å². The molecule has 1 aromatic rings. The summed E-state index contributed by atoms with van der Waals surface area (Å²) in [6, 6.07) is 1.00. The van der Waals surface area contributed by atoms with Crippen LogP contribution in [0.3, 0.4) is 0 Å². The summed E-state index contributed by atoms with van der Waals surface area (Å²) < 4.78 is 1.57. The Kier molecular flexibility index (Phi) is 6.68. The average Bonchev–Trinajstić information content (AvgIpc) is 2.64. The summed E-state index contributed by atoms with van der Waals surface area (Å²) in [5.74, 6) is -0.0471. The molecule has 0 radical (unpaired) electrons. The van der Waals surface area contributed by atoms with Crippen molar-refractivity contribution < 1.29 is 4.79 Å². The molecular weight excluding hydrogens is 288 g/mol. The van der Waals surface area contributed by atoms with E-state index in [0.717, 1.165) is 12.2 Å². The smallest absolute Gasteiger partial charge is 0.241 e. The second kappa shape index (κ2) is 7.80. The van der Waals surface area contributed by atoms with Gasteiger partial charge in [0.05, 0.1) is 10.7 Å². The molecule has 0 spiro atoms. The lowest BCUT2D eigenvalue weighted by Crippen LogP contribution is -2.47. The lowest BCUT2D eigenvalue weighted by atomic mass is 10.2. The molecule has 120 valence electrons. The molecular formula is C15H27ClN4O. The van der Waals surface area contributed by atoms with Crippen LogP contribution in [0.1, 0.15) is 40.3 Å². The van der Waals surface area contributed by atoms with Gasteiger partial charge in [-0.3, -0.25) is 14.4 Å². The minimum atomic E-state index is -0.0471. The van der Waals surface area contributed by atoms with E-state index in [0.29, 0.717) is 17.1 Å². The molecule has 0 aliphatic rings. The van der Waals surface area contributed by atoms with E-state index in [1.807, 2.05) is 13.8 Å². The highest BCUT2D eigenvalue weighted by Crippen LogP contribution is 2.11. The molecule has 1 N–H and O–H groups in total. The van der Waals surface area contributed by atoms with Gasteiger partial charge in [-0.05, 0) is 41.5 Å². The summed E-state index contributed by atoms with van der Waals surface area (Å²) in [7, 11) is 0. The zero-order valence-corrected chi connectivity index (χ0v) is 14.6. The number of rotatable bonds is 7. The Morgan fingerprint density at radius 3 is 2.33 bits per heavy atom. The molecule has 5 nitrogen and oxygen atoms in total. The van der Waals surface area contributed by atoms with Crippen LogP contribution in [0.15, 0.2) is 6.20 Å². The Morgan fingerprint density at radius 1 is 1.33 bits per heavy atom. The molecule has 1 rings (SSSR count). The van der Waals surface area contributed by atoms with E-state index in [-0.39, 0.29) is 18.5 Å². The van der Waals surface area contributed by atoms with E-state index >= 15 is 0 Å². The van der Waals surface area contributed by atoms with Gasteiger partial charge >= 0.3 is 0 Å². The number of aromatic nitrogens is 2. The van der Waals surface area contributed by atoms with Crippen molar-refractivity contribution in [1.82, 2.24) is 20.0 Å². The number of hydrogen-bond donors (Lipinski definition) is 1. The topological polar surface area (TPSA) is 50.2 Å². The fraction of sp³-hybridized carbons (Fsp3) is 0.733. The minimum Gasteiger partial charge on any atom is -0.351 e. The molecule has 0 saturated heterocycles. The molecule has 0 aliphatic heterocycles. The molecule has 0 saturated carbocycles. The number of carbonyl (C=O) groups is 1. The quantitative estimate of drug-likeness (QED) is 0.841. The molecule has 21 heavy (non-hydrogen) atoms. The first-order valence-electron chi connectivity index (χ1n) is 7.45. The van der Waals surface area contributed by atoms with Crippen molar-refractivity contribution in [3.63, 3.8) is 0 Å². The Labute approximate surface area is 132 Å². The van der Waals surface area contributed by atoms with Crippen molar-refractivity contribution >= 4 is 17.5 Å². The maximum absolute atomic E-state index is 12.0. The van der Waals surface area contributed by atoms with Crippen LogP contribution in [-0.4, -0.2) is 45.3 Å². The Bertz CT molecular complexity index is 443. The van der Waals surface area contributed by atoms with Crippen LogP contribution in [0.4, 0.5) is 0 Å². The number of aryl methyl sites for hydroxylation is 1. The zero-order valence-electron chi connectivity index (χ0n) is 13.9. The third-order valence-corrected chi connectivity index (χ3v) is 3.78. The maximum Gasteiger partial charge on any atom is 0.241 e. The van der Waals surface area contributed by atoms with E-state index in [1.165, 1.54) is 0 Å². The van der Waals surface area contributed by atoms with Crippen LogP contribution in [0.25, 0.3) is 0 Å². The number of amides is 1. The van der Waals surface area contributed by atoms with Crippen molar-refractivity contribution in [3.05, 3.63) is 16.9 Å². The van der Waals surface area contributed by atoms with Crippen LogP contribution in [-0.2, 0) is 11.3 Å². The maximum atomic E-state index is 12.0. The van der Waals surface area contributed by atoms with E-state index in [2.05, 4.69) is 43.0 Å². The highest BCUT2D eigenvalue weighted by Gasteiger charge is 2.18. The standard InChI is InChI=1S/C15H27ClN4O/c1-10(2)20(11(3)4)7-12(5)17-15(21)9-19-8-14(16)13(6)18-19/h8,10-12H,7,9H2,1-6H3,(H,17,21). The Morgan fingerprint density at radius 2 is 1.90 bits per heavy atom. The minimum absolute atomic E-state index is 0.0471. The lowest BCUT2D eigenvalue weighted by molar-refractivity contribution is -0.122. The monoisotopic (exact) mass is 314 g/mol. The third kappa shape index (κ3) is 5.67. The molecule has 1 aromatic heterocycles. The van der Waals surface area contributed by atoms with Crippen LogP contribution in [0.2, 0.25) is 5.02 Å². The van der Waals surface area contributed by atoms with E-state index in [9.17, 15) is 4.79 Å². The number of hydrogen-bond acceptors (Lipinski definition) is 3. The molecule has 1 atom stereocenters. The van der Waals surface area contributed by atoms with Crippen molar-refractivity contribution in [3.8, 4) is 0 Å². The first-order chi connectivity index (χ1) is 9.70. The summed E-state index contributed by atoms with van der Waals surface area (Å²) in [5, 5.41) is 7.79. The van der Waals surface area contributed by atoms with E-state index in [1.54, 1.807) is 10.9 Å². The number of nitrogens with zero attached hydrogens (tertiary/aromatic N) is 3. The molecule has 6 heteroatoms. The molecule has 1 amide bonds. The van der Waals surface area contributed by atoms with Gasteiger partial charge < -0.3 is 5.32 Å². The van der Waals surface area contributed by atoms with Crippen LogP contribution < -0.4 is 5.32 Å². The van der Waals surface area contributed by atoms with Gasteiger partial charge in [0.15, 0.2) is 0 Å². The van der Waals surface area contributed by atoms with E-state index < -0.39 is 0 Å². The van der Waals surface area contributed by atoms with Crippen molar-refractivity contribution in [2.75, 3.05) is 6.54 Å². The average molecular weight is 315 g/mol. The second-order valence-corrected chi connectivity index (χ2v) is 6.52. The number of carbonyl (C=O) groups excluding carboxylic acids is 1.